The number of nitrogens with two attached hydrogens (primary N) is 2. The van der Waals surface area contributed by atoms with Crippen LogP contribution in [0.3, 0.4) is 0 Å². The second-order valence-electron chi connectivity index (χ2n) is 3.26. The second kappa shape index (κ2) is 3.60. The van der Waals surface area contributed by atoms with E-state index in [-0.39, 0.29) is 5.75 Å². The molecule has 0 aliphatic heterocycles. The van der Waals surface area contributed by atoms with Crippen LogP contribution in [0.15, 0.2) is 30.3 Å². The minimum Gasteiger partial charge on any atom is -0.507 e. The van der Waals surface area contributed by atoms with Crippen molar-refractivity contribution in [3.8, 4) is 5.75 Å². The first-order valence-corrected chi connectivity index (χ1v) is 4.04. The predicted octanol–water partition coefficient (Wildman–Crippen LogP) is 1.04. The van der Waals surface area contributed by atoms with E-state index in [1.54, 1.807) is 37.3 Å². The molecule has 0 aliphatic rings. The third-order valence-corrected chi connectivity index (χ3v) is 1.56. The van der Waals surface area contributed by atoms with Crippen LogP contribution in [0, 0.1) is 0 Å². The fourth-order valence-corrected chi connectivity index (χ4v) is 0.898. The van der Waals surface area contributed by atoms with E-state index in [2.05, 4.69) is 0 Å². The highest BCUT2D eigenvalue weighted by Crippen LogP contribution is 2.17. The van der Waals surface area contributed by atoms with Crippen LogP contribution < -0.4 is 11.5 Å². The highest BCUT2D eigenvalue weighted by Gasteiger charge is 2.04. The zero-order chi connectivity index (χ0) is 9.90. The van der Waals surface area contributed by atoms with Gasteiger partial charge in [-0.15, -0.1) is 0 Å². The zero-order valence-corrected chi connectivity index (χ0v) is 7.57. The topological polar surface area (TPSA) is 72.3 Å². The summed E-state index contributed by atoms with van der Waals surface area (Å²) in [5.74, 6) is 0.225. The molecule has 0 bridgehead atoms. The Morgan fingerprint density at radius 2 is 1.92 bits per heavy atom. The molecular formula is C10H14N2O. The molecule has 0 saturated carbocycles. The lowest BCUT2D eigenvalue weighted by Gasteiger charge is -2.11. The van der Waals surface area contributed by atoms with Crippen molar-refractivity contribution in [2.75, 3.05) is 0 Å². The summed E-state index contributed by atoms with van der Waals surface area (Å²) in [6.45, 7) is 1.68. The third-order valence-electron chi connectivity index (χ3n) is 1.56. The number of hydrogen-bond donors (Lipinski definition) is 3. The van der Waals surface area contributed by atoms with E-state index < -0.39 is 5.66 Å². The maximum Gasteiger partial charge on any atom is 0.122 e. The Labute approximate surface area is 77.7 Å². The number of phenols is 1. The van der Waals surface area contributed by atoms with Gasteiger partial charge in [-0.3, -0.25) is 0 Å². The minimum atomic E-state index is -0.845. The van der Waals surface area contributed by atoms with E-state index in [1.165, 1.54) is 0 Å². The molecule has 0 saturated heterocycles. The van der Waals surface area contributed by atoms with Gasteiger partial charge in [0, 0.05) is 5.56 Å². The zero-order valence-electron chi connectivity index (χ0n) is 7.57. The molecule has 0 unspecified atom stereocenters. The van der Waals surface area contributed by atoms with Crippen LogP contribution in [-0.2, 0) is 0 Å². The number of hydrogen-bond acceptors (Lipinski definition) is 3. The van der Waals surface area contributed by atoms with E-state index in [9.17, 15) is 5.11 Å². The van der Waals surface area contributed by atoms with Crippen LogP contribution in [-0.4, -0.2) is 10.8 Å². The maximum absolute atomic E-state index is 9.37. The summed E-state index contributed by atoms with van der Waals surface area (Å²) in [5.41, 5.74) is 11.0. The van der Waals surface area contributed by atoms with Crippen molar-refractivity contribution < 1.29 is 5.11 Å². The maximum atomic E-state index is 9.37. The van der Waals surface area contributed by atoms with Crippen molar-refractivity contribution in [1.82, 2.24) is 0 Å². The molecule has 3 heteroatoms. The van der Waals surface area contributed by atoms with Crippen LogP contribution in [0.2, 0.25) is 0 Å². The van der Waals surface area contributed by atoms with E-state index in [0.717, 1.165) is 0 Å². The summed E-state index contributed by atoms with van der Waals surface area (Å²) < 4.78 is 0. The Balaban J connectivity index is 2.86. The normalized spacial score (nSPS) is 12.2. The molecule has 1 aromatic carbocycles. The highest BCUT2D eigenvalue weighted by atomic mass is 16.3. The molecule has 0 heterocycles. The van der Waals surface area contributed by atoms with E-state index in [0.29, 0.717) is 5.56 Å². The monoisotopic (exact) mass is 178 g/mol. The lowest BCUT2D eigenvalue weighted by molar-refractivity contribution is 0.474. The summed E-state index contributed by atoms with van der Waals surface area (Å²) in [6, 6.07) is 7.00. The standard InChI is InChI=1S/C10H14N2O/c1-10(11,12)7-6-8-4-2-3-5-9(8)13/h2-7,13H,11-12H2,1H3. The molecule has 1 rings (SSSR count). The molecule has 0 amide bonds. The fourth-order valence-electron chi connectivity index (χ4n) is 0.898. The lowest BCUT2D eigenvalue weighted by atomic mass is 10.1. The molecule has 70 valence electrons. The van der Waals surface area contributed by atoms with Gasteiger partial charge in [0.05, 0.1) is 5.66 Å². The fraction of sp³-hybridized carbons (Fsp3) is 0.200. The van der Waals surface area contributed by atoms with Crippen LogP contribution >= 0.6 is 0 Å². The molecular weight excluding hydrogens is 164 g/mol. The molecule has 0 fully saturated rings. The lowest BCUT2D eigenvalue weighted by Crippen LogP contribution is -2.43. The van der Waals surface area contributed by atoms with Crippen molar-refractivity contribution in [3.05, 3.63) is 35.9 Å². The van der Waals surface area contributed by atoms with E-state index in [4.69, 9.17) is 11.5 Å². The van der Waals surface area contributed by atoms with E-state index in [1.807, 2.05) is 6.07 Å². The quantitative estimate of drug-likeness (QED) is 0.592. The van der Waals surface area contributed by atoms with Crippen molar-refractivity contribution in [1.29, 1.82) is 0 Å². The first-order chi connectivity index (χ1) is 5.99. The number of phenolic OH excluding ortho intramolecular Hbond substituents is 1. The molecule has 0 atom stereocenters. The second-order valence-corrected chi connectivity index (χ2v) is 3.26. The largest absolute Gasteiger partial charge is 0.507 e. The highest BCUT2D eigenvalue weighted by molar-refractivity contribution is 5.57. The van der Waals surface area contributed by atoms with Gasteiger partial charge in [-0.25, -0.2) is 0 Å². The summed E-state index contributed by atoms with van der Waals surface area (Å²) in [7, 11) is 0. The summed E-state index contributed by atoms with van der Waals surface area (Å²) in [6.07, 6.45) is 3.34. The molecule has 0 spiro atoms. The van der Waals surface area contributed by atoms with Crippen molar-refractivity contribution in [2.24, 2.45) is 11.5 Å². The van der Waals surface area contributed by atoms with Gasteiger partial charge in [0.25, 0.3) is 0 Å². The number of aromatic hydroxyl groups is 1. The van der Waals surface area contributed by atoms with Crippen LogP contribution in [0.5, 0.6) is 5.75 Å². The van der Waals surface area contributed by atoms with Gasteiger partial charge in [-0.1, -0.05) is 30.4 Å². The van der Waals surface area contributed by atoms with Gasteiger partial charge >= 0.3 is 0 Å². The third kappa shape index (κ3) is 3.27. The van der Waals surface area contributed by atoms with Gasteiger partial charge in [0.1, 0.15) is 5.75 Å². The Hall–Kier alpha value is -1.32. The summed E-state index contributed by atoms with van der Waals surface area (Å²) in [4.78, 5) is 0. The minimum absolute atomic E-state index is 0.225. The first kappa shape index (κ1) is 9.77. The van der Waals surface area contributed by atoms with Crippen LogP contribution in [0.25, 0.3) is 6.08 Å². The molecule has 0 aromatic heterocycles. The molecule has 1 aromatic rings. The Morgan fingerprint density at radius 1 is 1.31 bits per heavy atom. The van der Waals surface area contributed by atoms with Gasteiger partial charge in [-0.05, 0) is 13.0 Å². The van der Waals surface area contributed by atoms with Gasteiger partial charge < -0.3 is 16.6 Å². The first-order valence-electron chi connectivity index (χ1n) is 4.04. The van der Waals surface area contributed by atoms with Gasteiger partial charge in [0.2, 0.25) is 0 Å². The van der Waals surface area contributed by atoms with E-state index >= 15 is 0 Å². The Bertz CT molecular complexity index is 313. The summed E-state index contributed by atoms with van der Waals surface area (Å²) >= 11 is 0. The van der Waals surface area contributed by atoms with Crippen LogP contribution in [0.1, 0.15) is 12.5 Å². The Kier molecular flexibility index (Phi) is 2.70. The SMILES string of the molecule is CC(N)(N)C=Cc1ccccc1O. The van der Waals surface area contributed by atoms with Crippen molar-refractivity contribution in [2.45, 2.75) is 12.6 Å². The molecule has 0 radical (unpaired) electrons. The number of para-hydroxylation sites is 1. The molecule has 13 heavy (non-hydrogen) atoms. The van der Waals surface area contributed by atoms with Gasteiger partial charge in [-0.2, -0.15) is 0 Å². The van der Waals surface area contributed by atoms with Crippen molar-refractivity contribution in [3.63, 3.8) is 0 Å². The average Bonchev–Trinajstić information content (AvgIpc) is 2.01. The van der Waals surface area contributed by atoms with Crippen molar-refractivity contribution >= 4 is 6.08 Å². The predicted molar refractivity (Wildman–Crippen MR) is 53.9 cm³/mol. The molecule has 5 N–H and O–H groups in total. The van der Waals surface area contributed by atoms with Crippen LogP contribution in [0.4, 0.5) is 0 Å². The Morgan fingerprint density at radius 3 is 2.46 bits per heavy atom. The molecule has 0 aliphatic carbocycles. The molecule has 3 nitrogen and oxygen atoms in total. The average molecular weight is 178 g/mol. The van der Waals surface area contributed by atoms with Gasteiger partial charge in [0.15, 0.2) is 0 Å². The summed E-state index contributed by atoms with van der Waals surface area (Å²) in [5, 5.41) is 9.37. The number of benzene rings is 1. The smallest absolute Gasteiger partial charge is 0.122 e. The number of rotatable bonds is 2.